The molecule has 1 aliphatic heterocycles. The van der Waals surface area contributed by atoms with Crippen molar-refractivity contribution in [2.45, 2.75) is 19.8 Å². The van der Waals surface area contributed by atoms with Crippen molar-refractivity contribution in [1.29, 1.82) is 0 Å². The van der Waals surface area contributed by atoms with Gasteiger partial charge in [-0.2, -0.15) is 0 Å². The van der Waals surface area contributed by atoms with Gasteiger partial charge < -0.3 is 10.2 Å². The second-order valence-corrected chi connectivity index (χ2v) is 6.08. The first-order valence-corrected chi connectivity index (χ1v) is 7.86. The first-order chi connectivity index (χ1) is 9.61. The van der Waals surface area contributed by atoms with Crippen LogP contribution in [-0.4, -0.2) is 37.0 Å². The molecule has 3 nitrogen and oxygen atoms in total. The van der Waals surface area contributed by atoms with E-state index in [0.717, 1.165) is 25.9 Å². The third-order valence-electron chi connectivity index (χ3n) is 3.75. The van der Waals surface area contributed by atoms with Crippen LogP contribution in [0.5, 0.6) is 0 Å². The highest BCUT2D eigenvalue weighted by atomic mass is 79.9. The molecule has 1 saturated heterocycles. The summed E-state index contributed by atoms with van der Waals surface area (Å²) in [7, 11) is 0. The van der Waals surface area contributed by atoms with Crippen LogP contribution >= 0.6 is 15.9 Å². The highest BCUT2D eigenvalue weighted by Crippen LogP contribution is 2.21. The lowest BCUT2D eigenvalue weighted by atomic mass is 9.96. The summed E-state index contributed by atoms with van der Waals surface area (Å²) in [5.41, 5.74) is 0.165. The monoisotopic (exact) mass is 342 g/mol. The van der Waals surface area contributed by atoms with E-state index in [2.05, 4.69) is 28.2 Å². The van der Waals surface area contributed by atoms with E-state index in [1.54, 1.807) is 17.0 Å². The summed E-state index contributed by atoms with van der Waals surface area (Å²) in [5, 5.41) is 3.34. The molecule has 0 saturated carbocycles. The van der Waals surface area contributed by atoms with E-state index < -0.39 is 5.82 Å². The van der Waals surface area contributed by atoms with Crippen molar-refractivity contribution in [1.82, 2.24) is 10.2 Å². The number of nitrogens with one attached hydrogen (secondary N) is 1. The normalized spacial score (nSPS) is 16.4. The lowest BCUT2D eigenvalue weighted by molar-refractivity contribution is 0.0685. The average molecular weight is 343 g/mol. The quantitative estimate of drug-likeness (QED) is 0.911. The summed E-state index contributed by atoms with van der Waals surface area (Å²) >= 11 is 3.20. The molecule has 1 aliphatic rings. The zero-order valence-electron chi connectivity index (χ0n) is 11.7. The fourth-order valence-corrected chi connectivity index (χ4v) is 2.86. The summed E-state index contributed by atoms with van der Waals surface area (Å²) in [6.45, 7) is 5.50. The van der Waals surface area contributed by atoms with E-state index in [0.29, 0.717) is 23.5 Å². The maximum atomic E-state index is 13.8. The van der Waals surface area contributed by atoms with E-state index in [-0.39, 0.29) is 11.5 Å². The van der Waals surface area contributed by atoms with Crippen LogP contribution in [0.1, 0.15) is 30.1 Å². The molecule has 0 radical (unpaired) electrons. The Kier molecular flexibility index (Phi) is 5.54. The molecule has 1 fully saturated rings. The lowest BCUT2D eigenvalue weighted by Crippen LogP contribution is -2.41. The zero-order chi connectivity index (χ0) is 14.5. The van der Waals surface area contributed by atoms with E-state index in [4.69, 9.17) is 0 Å². The smallest absolute Gasteiger partial charge is 0.256 e. The number of halogens is 2. The van der Waals surface area contributed by atoms with Gasteiger partial charge in [-0.05, 0) is 50.0 Å². The SMILES string of the molecule is CCNCC1CCN(C(=O)c2ccc(Br)cc2F)CC1. The predicted molar refractivity (Wildman–Crippen MR) is 81.3 cm³/mol. The number of nitrogens with zero attached hydrogens (tertiary/aromatic N) is 1. The molecular weight excluding hydrogens is 323 g/mol. The number of piperidine rings is 1. The fraction of sp³-hybridized carbons (Fsp3) is 0.533. The molecule has 110 valence electrons. The Morgan fingerprint density at radius 2 is 2.15 bits per heavy atom. The number of rotatable bonds is 4. The topological polar surface area (TPSA) is 32.3 Å². The molecule has 1 N–H and O–H groups in total. The van der Waals surface area contributed by atoms with E-state index >= 15 is 0 Å². The Bertz CT molecular complexity index is 473. The van der Waals surface area contributed by atoms with Crippen LogP contribution in [0.25, 0.3) is 0 Å². The van der Waals surface area contributed by atoms with E-state index in [1.165, 1.54) is 6.07 Å². The molecule has 0 spiro atoms. The number of hydrogen-bond acceptors (Lipinski definition) is 2. The number of carbonyl (C=O) groups excluding carboxylic acids is 1. The standard InChI is InChI=1S/C15H20BrFN2O/c1-2-18-10-11-5-7-19(8-6-11)15(20)13-4-3-12(16)9-14(13)17/h3-4,9,11,18H,2,5-8,10H2,1H3. The van der Waals surface area contributed by atoms with Gasteiger partial charge in [-0.3, -0.25) is 4.79 Å². The van der Waals surface area contributed by atoms with Crippen molar-refractivity contribution in [2.75, 3.05) is 26.2 Å². The van der Waals surface area contributed by atoms with Crippen LogP contribution in [0.2, 0.25) is 0 Å². The molecule has 0 aromatic heterocycles. The Morgan fingerprint density at radius 3 is 2.75 bits per heavy atom. The van der Waals surface area contributed by atoms with Gasteiger partial charge in [0.05, 0.1) is 5.56 Å². The van der Waals surface area contributed by atoms with Gasteiger partial charge in [0.15, 0.2) is 0 Å². The van der Waals surface area contributed by atoms with Crippen LogP contribution in [0.4, 0.5) is 4.39 Å². The predicted octanol–water partition coefficient (Wildman–Crippen LogP) is 3.05. The van der Waals surface area contributed by atoms with Crippen molar-refractivity contribution in [3.05, 3.63) is 34.1 Å². The van der Waals surface area contributed by atoms with Crippen molar-refractivity contribution in [3.8, 4) is 0 Å². The van der Waals surface area contributed by atoms with Gasteiger partial charge in [-0.25, -0.2) is 4.39 Å². The second kappa shape index (κ2) is 7.18. The molecule has 2 rings (SSSR count). The van der Waals surface area contributed by atoms with E-state index in [1.807, 2.05) is 0 Å². The van der Waals surface area contributed by atoms with Gasteiger partial charge in [0.2, 0.25) is 0 Å². The molecular formula is C15H20BrFN2O. The number of carbonyl (C=O) groups is 1. The summed E-state index contributed by atoms with van der Waals surface area (Å²) in [5.74, 6) is -0.0372. The molecule has 0 aliphatic carbocycles. The summed E-state index contributed by atoms with van der Waals surface area (Å²) in [6.07, 6.45) is 1.97. The zero-order valence-corrected chi connectivity index (χ0v) is 13.2. The number of amides is 1. The second-order valence-electron chi connectivity index (χ2n) is 5.17. The summed E-state index contributed by atoms with van der Waals surface area (Å²) in [4.78, 5) is 14.1. The van der Waals surface area contributed by atoms with Crippen molar-refractivity contribution in [3.63, 3.8) is 0 Å². The highest BCUT2D eigenvalue weighted by Gasteiger charge is 2.24. The molecule has 1 aromatic carbocycles. The summed E-state index contributed by atoms with van der Waals surface area (Å²) in [6, 6.07) is 4.59. The van der Waals surface area contributed by atoms with Gasteiger partial charge in [0.1, 0.15) is 5.82 Å². The van der Waals surface area contributed by atoms with Crippen LogP contribution in [-0.2, 0) is 0 Å². The molecule has 0 unspecified atom stereocenters. The Balaban J connectivity index is 1.94. The first-order valence-electron chi connectivity index (χ1n) is 7.07. The van der Waals surface area contributed by atoms with Gasteiger partial charge in [0.25, 0.3) is 5.91 Å². The van der Waals surface area contributed by atoms with Crippen LogP contribution < -0.4 is 5.32 Å². The number of likely N-dealkylation sites (tertiary alicyclic amines) is 1. The maximum Gasteiger partial charge on any atom is 0.256 e. The molecule has 20 heavy (non-hydrogen) atoms. The van der Waals surface area contributed by atoms with Gasteiger partial charge >= 0.3 is 0 Å². The minimum atomic E-state index is -0.459. The van der Waals surface area contributed by atoms with Gasteiger partial charge in [0, 0.05) is 17.6 Å². The summed E-state index contributed by atoms with van der Waals surface area (Å²) < 4.78 is 14.5. The van der Waals surface area contributed by atoms with Gasteiger partial charge in [-0.15, -0.1) is 0 Å². The van der Waals surface area contributed by atoms with Crippen molar-refractivity contribution >= 4 is 21.8 Å². The Hall–Kier alpha value is -0.940. The Morgan fingerprint density at radius 1 is 1.45 bits per heavy atom. The van der Waals surface area contributed by atoms with Crippen LogP contribution in [0, 0.1) is 11.7 Å². The fourth-order valence-electron chi connectivity index (χ4n) is 2.52. The highest BCUT2D eigenvalue weighted by molar-refractivity contribution is 9.10. The van der Waals surface area contributed by atoms with Crippen LogP contribution in [0.3, 0.4) is 0 Å². The molecule has 1 amide bonds. The van der Waals surface area contributed by atoms with Crippen molar-refractivity contribution in [2.24, 2.45) is 5.92 Å². The molecule has 1 heterocycles. The molecule has 1 aromatic rings. The molecule has 0 bridgehead atoms. The lowest BCUT2D eigenvalue weighted by Gasteiger charge is -2.32. The van der Waals surface area contributed by atoms with Gasteiger partial charge in [-0.1, -0.05) is 22.9 Å². The van der Waals surface area contributed by atoms with Crippen LogP contribution in [0.15, 0.2) is 22.7 Å². The maximum absolute atomic E-state index is 13.8. The third kappa shape index (κ3) is 3.79. The largest absolute Gasteiger partial charge is 0.339 e. The minimum Gasteiger partial charge on any atom is -0.339 e. The minimum absolute atomic E-state index is 0.165. The molecule has 0 atom stereocenters. The molecule has 5 heteroatoms. The average Bonchev–Trinajstić information content (AvgIpc) is 2.45. The number of benzene rings is 1. The Labute approximate surface area is 127 Å². The van der Waals surface area contributed by atoms with E-state index in [9.17, 15) is 9.18 Å². The van der Waals surface area contributed by atoms with Crippen molar-refractivity contribution < 1.29 is 9.18 Å². The first kappa shape index (κ1) is 15.4. The third-order valence-corrected chi connectivity index (χ3v) is 4.24. The number of hydrogen-bond donors (Lipinski definition) is 1.